The molecule has 2 heterocycles. The fraction of sp³-hybridized carbons (Fsp3) is 0.769. The molecule has 0 amide bonds. The van der Waals surface area contributed by atoms with Gasteiger partial charge in [-0.2, -0.15) is 0 Å². The molecule has 1 saturated heterocycles. The zero-order valence-electron chi connectivity index (χ0n) is 11.3. The number of piperazine rings is 1. The molecule has 18 heavy (non-hydrogen) atoms. The Bertz CT molecular complexity index is 307. The van der Waals surface area contributed by atoms with Crippen LogP contribution in [0, 0.1) is 0 Å². The standard InChI is InChI=1S/C13H24N4S/c1-2-14-5-3-4-7-16-8-10-17(11-9-16)13-15-6-12-18-13/h6,12,14H,2-5,7-11H2,1H3. The lowest BCUT2D eigenvalue weighted by Gasteiger charge is -2.34. The smallest absolute Gasteiger partial charge is 0.185 e. The number of rotatable bonds is 7. The molecule has 1 aromatic rings. The molecule has 0 aromatic carbocycles. The molecule has 4 nitrogen and oxygen atoms in total. The minimum Gasteiger partial charge on any atom is -0.346 e. The SMILES string of the molecule is CCNCCCCN1CCN(c2nccs2)CC1. The molecule has 0 spiro atoms. The van der Waals surface area contributed by atoms with Crippen molar-refractivity contribution in [3.05, 3.63) is 11.6 Å². The Morgan fingerprint density at radius 1 is 1.28 bits per heavy atom. The topological polar surface area (TPSA) is 31.4 Å². The summed E-state index contributed by atoms with van der Waals surface area (Å²) in [6.07, 6.45) is 4.50. The maximum absolute atomic E-state index is 4.38. The van der Waals surface area contributed by atoms with Gasteiger partial charge in [0.2, 0.25) is 0 Å². The summed E-state index contributed by atoms with van der Waals surface area (Å²) in [7, 11) is 0. The summed E-state index contributed by atoms with van der Waals surface area (Å²) in [6, 6.07) is 0. The van der Waals surface area contributed by atoms with E-state index in [0.717, 1.165) is 26.2 Å². The highest BCUT2D eigenvalue weighted by atomic mass is 32.1. The van der Waals surface area contributed by atoms with E-state index in [1.807, 2.05) is 6.20 Å². The number of nitrogens with one attached hydrogen (secondary N) is 1. The van der Waals surface area contributed by atoms with Crippen LogP contribution >= 0.6 is 11.3 Å². The molecule has 102 valence electrons. The van der Waals surface area contributed by atoms with Gasteiger partial charge < -0.3 is 10.2 Å². The summed E-state index contributed by atoms with van der Waals surface area (Å²) in [5.41, 5.74) is 0. The monoisotopic (exact) mass is 268 g/mol. The Labute approximate surface area is 114 Å². The van der Waals surface area contributed by atoms with Gasteiger partial charge in [-0.15, -0.1) is 11.3 Å². The Kier molecular flexibility index (Phi) is 5.90. The predicted octanol–water partition coefficient (Wildman–Crippen LogP) is 1.65. The van der Waals surface area contributed by atoms with Crippen molar-refractivity contribution >= 4 is 16.5 Å². The minimum atomic E-state index is 1.09. The molecule has 1 N–H and O–H groups in total. The molecule has 0 radical (unpaired) electrons. The fourth-order valence-electron chi connectivity index (χ4n) is 2.30. The lowest BCUT2D eigenvalue weighted by molar-refractivity contribution is 0.252. The molecule has 2 rings (SSSR count). The molecular weight excluding hydrogens is 244 g/mol. The van der Waals surface area contributed by atoms with Gasteiger partial charge in [-0.05, 0) is 32.5 Å². The summed E-state index contributed by atoms with van der Waals surface area (Å²) in [5.74, 6) is 0. The zero-order chi connectivity index (χ0) is 12.6. The van der Waals surface area contributed by atoms with Crippen LogP contribution in [0.2, 0.25) is 0 Å². The van der Waals surface area contributed by atoms with Crippen LogP contribution in [-0.4, -0.2) is 55.7 Å². The van der Waals surface area contributed by atoms with Gasteiger partial charge in [-0.3, -0.25) is 4.90 Å². The molecular formula is C13H24N4S. The lowest BCUT2D eigenvalue weighted by atomic mass is 10.2. The first-order chi connectivity index (χ1) is 8.90. The lowest BCUT2D eigenvalue weighted by Crippen LogP contribution is -2.46. The van der Waals surface area contributed by atoms with E-state index in [1.54, 1.807) is 11.3 Å². The van der Waals surface area contributed by atoms with Gasteiger partial charge in [0.05, 0.1) is 0 Å². The number of thiazole rings is 1. The van der Waals surface area contributed by atoms with Gasteiger partial charge in [0.15, 0.2) is 5.13 Å². The van der Waals surface area contributed by atoms with Crippen LogP contribution in [0.25, 0.3) is 0 Å². The molecule has 1 aliphatic heterocycles. The number of hydrogen-bond donors (Lipinski definition) is 1. The number of aromatic nitrogens is 1. The zero-order valence-corrected chi connectivity index (χ0v) is 12.1. The highest BCUT2D eigenvalue weighted by Gasteiger charge is 2.17. The van der Waals surface area contributed by atoms with Crippen molar-refractivity contribution in [1.82, 2.24) is 15.2 Å². The van der Waals surface area contributed by atoms with Crippen molar-refractivity contribution in [3.8, 4) is 0 Å². The van der Waals surface area contributed by atoms with Crippen molar-refractivity contribution in [2.75, 3.05) is 50.7 Å². The molecule has 0 bridgehead atoms. The summed E-state index contributed by atoms with van der Waals surface area (Å²) >= 11 is 1.75. The molecule has 1 aliphatic rings. The second-order valence-electron chi connectivity index (χ2n) is 4.70. The average molecular weight is 268 g/mol. The minimum absolute atomic E-state index is 1.09. The van der Waals surface area contributed by atoms with E-state index in [2.05, 4.69) is 32.4 Å². The third kappa shape index (κ3) is 4.23. The first-order valence-corrected chi connectivity index (χ1v) is 7.85. The molecule has 0 saturated carbocycles. The van der Waals surface area contributed by atoms with Crippen LogP contribution < -0.4 is 10.2 Å². The predicted molar refractivity (Wildman–Crippen MR) is 78.5 cm³/mol. The van der Waals surface area contributed by atoms with Gasteiger partial charge >= 0.3 is 0 Å². The van der Waals surface area contributed by atoms with E-state index in [1.165, 1.54) is 37.6 Å². The Morgan fingerprint density at radius 3 is 2.78 bits per heavy atom. The van der Waals surface area contributed by atoms with E-state index < -0.39 is 0 Å². The van der Waals surface area contributed by atoms with E-state index in [4.69, 9.17) is 0 Å². The molecule has 0 atom stereocenters. The van der Waals surface area contributed by atoms with Crippen molar-refractivity contribution in [3.63, 3.8) is 0 Å². The third-order valence-electron chi connectivity index (χ3n) is 3.39. The molecule has 1 aromatic heterocycles. The van der Waals surface area contributed by atoms with Gasteiger partial charge in [0.1, 0.15) is 0 Å². The number of hydrogen-bond acceptors (Lipinski definition) is 5. The van der Waals surface area contributed by atoms with Crippen LogP contribution in [0.4, 0.5) is 5.13 Å². The quantitative estimate of drug-likeness (QED) is 0.762. The van der Waals surface area contributed by atoms with Crippen molar-refractivity contribution in [2.45, 2.75) is 19.8 Å². The first-order valence-electron chi connectivity index (χ1n) is 6.97. The van der Waals surface area contributed by atoms with Crippen LogP contribution in [0.15, 0.2) is 11.6 Å². The molecule has 1 fully saturated rings. The van der Waals surface area contributed by atoms with E-state index >= 15 is 0 Å². The number of nitrogens with zero attached hydrogens (tertiary/aromatic N) is 3. The van der Waals surface area contributed by atoms with Crippen LogP contribution in [0.1, 0.15) is 19.8 Å². The van der Waals surface area contributed by atoms with Gasteiger partial charge in [0.25, 0.3) is 0 Å². The maximum Gasteiger partial charge on any atom is 0.185 e. The Hall–Kier alpha value is -0.650. The Balaban J connectivity index is 1.59. The van der Waals surface area contributed by atoms with Crippen molar-refractivity contribution in [2.24, 2.45) is 0 Å². The van der Waals surface area contributed by atoms with E-state index in [9.17, 15) is 0 Å². The number of unbranched alkanes of at least 4 members (excludes halogenated alkanes) is 1. The van der Waals surface area contributed by atoms with Gasteiger partial charge in [-0.1, -0.05) is 6.92 Å². The summed E-state index contributed by atoms with van der Waals surface area (Å²) in [6.45, 7) is 10.3. The van der Waals surface area contributed by atoms with E-state index in [0.29, 0.717) is 0 Å². The highest BCUT2D eigenvalue weighted by molar-refractivity contribution is 7.13. The normalized spacial score (nSPS) is 17.3. The molecule has 0 unspecified atom stereocenters. The van der Waals surface area contributed by atoms with Gasteiger partial charge in [-0.25, -0.2) is 4.98 Å². The summed E-state index contributed by atoms with van der Waals surface area (Å²) in [4.78, 5) is 9.36. The molecule has 5 heteroatoms. The first kappa shape index (κ1) is 13.8. The third-order valence-corrected chi connectivity index (χ3v) is 4.22. The maximum atomic E-state index is 4.38. The van der Waals surface area contributed by atoms with Crippen LogP contribution in [0.5, 0.6) is 0 Å². The van der Waals surface area contributed by atoms with Crippen molar-refractivity contribution < 1.29 is 0 Å². The Morgan fingerprint density at radius 2 is 2.11 bits per heavy atom. The van der Waals surface area contributed by atoms with Crippen LogP contribution in [-0.2, 0) is 0 Å². The summed E-state index contributed by atoms with van der Waals surface area (Å²) < 4.78 is 0. The second kappa shape index (κ2) is 7.71. The largest absolute Gasteiger partial charge is 0.346 e. The fourth-order valence-corrected chi connectivity index (χ4v) is 2.99. The van der Waals surface area contributed by atoms with Crippen molar-refractivity contribution in [1.29, 1.82) is 0 Å². The molecule has 0 aliphatic carbocycles. The van der Waals surface area contributed by atoms with E-state index in [-0.39, 0.29) is 0 Å². The van der Waals surface area contributed by atoms with Crippen LogP contribution in [0.3, 0.4) is 0 Å². The van der Waals surface area contributed by atoms with Gasteiger partial charge in [0, 0.05) is 37.8 Å². The summed E-state index contributed by atoms with van der Waals surface area (Å²) in [5, 5.41) is 6.62. The average Bonchev–Trinajstić information content (AvgIpc) is 2.93. The number of anilines is 1. The highest BCUT2D eigenvalue weighted by Crippen LogP contribution is 2.18. The second-order valence-corrected chi connectivity index (χ2v) is 5.58.